The van der Waals surface area contributed by atoms with Crippen molar-refractivity contribution in [2.75, 3.05) is 44.2 Å². The number of carbonyl (C=O) groups excluding carboxylic acids is 1. The molecular formula is C24H31N5O2. The number of anilines is 1. The molecule has 31 heavy (non-hydrogen) atoms. The maximum atomic E-state index is 12.3. The molecule has 1 saturated heterocycles. The first-order valence-electron chi connectivity index (χ1n) is 10.8. The second-order valence-electron chi connectivity index (χ2n) is 8.19. The van der Waals surface area contributed by atoms with Crippen molar-refractivity contribution in [3.8, 4) is 6.07 Å². The summed E-state index contributed by atoms with van der Waals surface area (Å²) in [5, 5.41) is 12.2. The number of aromatic nitrogens is 1. The Morgan fingerprint density at radius 1 is 1.19 bits per heavy atom. The highest BCUT2D eigenvalue weighted by Gasteiger charge is 2.17. The molecule has 1 aromatic carbocycles. The fraction of sp³-hybridized carbons (Fsp3) is 0.458. The molecule has 1 aliphatic rings. The Labute approximate surface area is 183 Å². The molecular weight excluding hydrogens is 390 g/mol. The summed E-state index contributed by atoms with van der Waals surface area (Å²) >= 11 is 0. The number of aryl methyl sites for hydroxylation is 2. The molecule has 0 radical (unpaired) electrons. The van der Waals surface area contributed by atoms with Crippen LogP contribution in [0.1, 0.15) is 34.4 Å². The molecule has 0 unspecified atom stereocenters. The minimum atomic E-state index is -0.367. The van der Waals surface area contributed by atoms with Crippen LogP contribution < -0.4 is 15.8 Å². The second kappa shape index (κ2) is 10.3. The highest BCUT2D eigenvalue weighted by Crippen LogP contribution is 2.18. The van der Waals surface area contributed by atoms with Crippen LogP contribution >= 0.6 is 0 Å². The van der Waals surface area contributed by atoms with Crippen molar-refractivity contribution in [1.29, 1.82) is 5.26 Å². The number of hydrogen-bond acceptors (Lipinski definition) is 5. The van der Waals surface area contributed by atoms with Crippen molar-refractivity contribution in [2.24, 2.45) is 0 Å². The van der Waals surface area contributed by atoms with Crippen LogP contribution in [0, 0.1) is 32.1 Å². The standard InChI is InChI=1S/C24H31N5O2/c1-17-5-4-6-20(15-17)29-13-11-28(12-14-29)10-9-26-23(30)8-7-21-18(2)22(16-25)24(31)27-19(21)3/h4-6,15H,7-14H2,1-3H3,(H,26,30)(H,27,31). The number of rotatable bonds is 7. The highest BCUT2D eigenvalue weighted by molar-refractivity contribution is 5.76. The minimum absolute atomic E-state index is 0.0121. The summed E-state index contributed by atoms with van der Waals surface area (Å²) in [6, 6.07) is 10.6. The number of piperazine rings is 1. The normalized spacial score (nSPS) is 14.3. The molecule has 7 heteroatoms. The number of carbonyl (C=O) groups is 1. The molecule has 2 heterocycles. The van der Waals surface area contributed by atoms with E-state index in [1.807, 2.05) is 6.07 Å². The van der Waals surface area contributed by atoms with Gasteiger partial charge in [0.25, 0.3) is 5.56 Å². The summed E-state index contributed by atoms with van der Waals surface area (Å²) in [5.74, 6) is -0.0121. The van der Waals surface area contributed by atoms with Gasteiger partial charge in [-0.2, -0.15) is 5.26 Å². The molecule has 1 aromatic heterocycles. The van der Waals surface area contributed by atoms with Crippen molar-refractivity contribution in [2.45, 2.75) is 33.6 Å². The molecule has 0 saturated carbocycles. The lowest BCUT2D eigenvalue weighted by atomic mass is 9.99. The first kappa shape index (κ1) is 22.6. The van der Waals surface area contributed by atoms with Gasteiger partial charge in [0.2, 0.25) is 5.91 Å². The van der Waals surface area contributed by atoms with Crippen LogP contribution in [0.2, 0.25) is 0 Å². The molecule has 1 fully saturated rings. The monoisotopic (exact) mass is 421 g/mol. The SMILES string of the molecule is Cc1cccc(N2CCN(CCNC(=O)CCc3c(C)[nH]c(=O)c(C#N)c3C)CC2)c1. The van der Waals surface area contributed by atoms with E-state index in [4.69, 9.17) is 5.26 Å². The lowest BCUT2D eigenvalue weighted by Gasteiger charge is -2.36. The van der Waals surface area contributed by atoms with Gasteiger partial charge in [-0.05, 0) is 56.0 Å². The maximum absolute atomic E-state index is 12.3. The lowest BCUT2D eigenvalue weighted by Crippen LogP contribution is -2.48. The van der Waals surface area contributed by atoms with Gasteiger partial charge in [0, 0.05) is 57.1 Å². The number of aromatic amines is 1. The fourth-order valence-electron chi connectivity index (χ4n) is 4.15. The quantitative estimate of drug-likeness (QED) is 0.714. The Morgan fingerprint density at radius 3 is 2.61 bits per heavy atom. The average molecular weight is 422 g/mol. The van der Waals surface area contributed by atoms with Crippen molar-refractivity contribution in [1.82, 2.24) is 15.2 Å². The van der Waals surface area contributed by atoms with E-state index in [2.05, 4.69) is 51.3 Å². The highest BCUT2D eigenvalue weighted by atomic mass is 16.1. The van der Waals surface area contributed by atoms with Gasteiger partial charge in [-0.3, -0.25) is 14.5 Å². The van der Waals surface area contributed by atoms with Crippen molar-refractivity contribution < 1.29 is 4.79 Å². The van der Waals surface area contributed by atoms with Crippen LogP contribution in [0.3, 0.4) is 0 Å². The molecule has 0 bridgehead atoms. The van der Waals surface area contributed by atoms with Crippen LogP contribution in [0.15, 0.2) is 29.1 Å². The topological polar surface area (TPSA) is 92.2 Å². The predicted octanol–water partition coefficient (Wildman–Crippen LogP) is 2.04. The number of nitrogens with one attached hydrogen (secondary N) is 2. The number of pyridine rings is 1. The zero-order chi connectivity index (χ0) is 22.4. The Kier molecular flexibility index (Phi) is 7.48. The maximum Gasteiger partial charge on any atom is 0.266 e. The van der Waals surface area contributed by atoms with Crippen LogP contribution in [-0.2, 0) is 11.2 Å². The third-order valence-electron chi connectivity index (χ3n) is 6.01. The van der Waals surface area contributed by atoms with E-state index in [-0.39, 0.29) is 17.0 Å². The van der Waals surface area contributed by atoms with Crippen molar-refractivity contribution >= 4 is 11.6 Å². The third kappa shape index (κ3) is 5.74. The molecule has 2 N–H and O–H groups in total. The van der Waals surface area contributed by atoms with E-state index in [0.717, 1.165) is 44.0 Å². The number of nitriles is 1. The molecule has 3 rings (SSSR count). The van der Waals surface area contributed by atoms with Crippen LogP contribution in [0.4, 0.5) is 5.69 Å². The lowest BCUT2D eigenvalue weighted by molar-refractivity contribution is -0.121. The average Bonchev–Trinajstić information content (AvgIpc) is 2.74. The molecule has 164 valence electrons. The Morgan fingerprint density at radius 2 is 1.94 bits per heavy atom. The van der Waals surface area contributed by atoms with E-state index in [0.29, 0.717) is 24.9 Å². The van der Waals surface area contributed by atoms with Gasteiger partial charge in [-0.25, -0.2) is 0 Å². The smallest absolute Gasteiger partial charge is 0.266 e. The third-order valence-corrected chi connectivity index (χ3v) is 6.01. The first-order valence-corrected chi connectivity index (χ1v) is 10.8. The molecule has 7 nitrogen and oxygen atoms in total. The predicted molar refractivity (Wildman–Crippen MR) is 122 cm³/mol. The number of hydrogen-bond donors (Lipinski definition) is 2. The van der Waals surface area contributed by atoms with E-state index < -0.39 is 0 Å². The van der Waals surface area contributed by atoms with Gasteiger partial charge in [-0.15, -0.1) is 0 Å². The second-order valence-corrected chi connectivity index (χ2v) is 8.19. The van der Waals surface area contributed by atoms with Gasteiger partial charge in [0.15, 0.2) is 0 Å². The van der Waals surface area contributed by atoms with Gasteiger partial charge in [-0.1, -0.05) is 12.1 Å². The fourth-order valence-corrected chi connectivity index (χ4v) is 4.15. The molecule has 1 aliphatic heterocycles. The summed E-state index contributed by atoms with van der Waals surface area (Å²) in [7, 11) is 0. The number of nitrogens with zero attached hydrogens (tertiary/aromatic N) is 3. The zero-order valence-electron chi connectivity index (χ0n) is 18.6. The summed E-state index contributed by atoms with van der Waals surface area (Å²) in [4.78, 5) is 31.6. The van der Waals surface area contributed by atoms with Crippen molar-refractivity contribution in [3.05, 3.63) is 62.6 Å². The van der Waals surface area contributed by atoms with Crippen molar-refractivity contribution in [3.63, 3.8) is 0 Å². The zero-order valence-corrected chi connectivity index (χ0v) is 18.6. The van der Waals surface area contributed by atoms with E-state index in [9.17, 15) is 9.59 Å². The van der Waals surface area contributed by atoms with Gasteiger partial charge >= 0.3 is 0 Å². The Bertz CT molecular complexity index is 1030. The molecule has 0 atom stereocenters. The molecule has 0 spiro atoms. The number of amides is 1. The van der Waals surface area contributed by atoms with Crippen LogP contribution in [-0.4, -0.2) is 55.1 Å². The molecule has 2 aromatic rings. The van der Waals surface area contributed by atoms with Gasteiger partial charge in [0.05, 0.1) is 0 Å². The Balaban J connectivity index is 1.41. The summed E-state index contributed by atoms with van der Waals surface area (Å²) in [5.41, 5.74) is 4.58. The largest absolute Gasteiger partial charge is 0.369 e. The summed E-state index contributed by atoms with van der Waals surface area (Å²) in [6.45, 7) is 11.1. The number of benzene rings is 1. The van der Waals surface area contributed by atoms with E-state index >= 15 is 0 Å². The van der Waals surface area contributed by atoms with Crippen LogP contribution in [0.5, 0.6) is 0 Å². The van der Waals surface area contributed by atoms with Gasteiger partial charge < -0.3 is 15.2 Å². The van der Waals surface area contributed by atoms with Gasteiger partial charge in [0.1, 0.15) is 11.6 Å². The van der Waals surface area contributed by atoms with Crippen LogP contribution in [0.25, 0.3) is 0 Å². The van der Waals surface area contributed by atoms with E-state index in [1.165, 1.54) is 11.3 Å². The minimum Gasteiger partial charge on any atom is -0.369 e. The summed E-state index contributed by atoms with van der Waals surface area (Å²) < 4.78 is 0. The molecule has 1 amide bonds. The first-order chi connectivity index (χ1) is 14.9. The summed E-state index contributed by atoms with van der Waals surface area (Å²) in [6.07, 6.45) is 0.837. The number of H-pyrrole nitrogens is 1. The van der Waals surface area contributed by atoms with E-state index in [1.54, 1.807) is 13.8 Å². The molecule has 0 aliphatic carbocycles. The Hall–Kier alpha value is -3.11.